The van der Waals surface area contributed by atoms with Crippen LogP contribution in [0.5, 0.6) is 0 Å². The lowest BCUT2D eigenvalue weighted by Crippen LogP contribution is -2.34. The summed E-state index contributed by atoms with van der Waals surface area (Å²) in [5.74, 6) is -0.569. The van der Waals surface area contributed by atoms with E-state index in [-0.39, 0.29) is 24.3 Å². The van der Waals surface area contributed by atoms with Crippen LogP contribution < -0.4 is 10.6 Å². The van der Waals surface area contributed by atoms with Gasteiger partial charge in [0.1, 0.15) is 17.9 Å². The van der Waals surface area contributed by atoms with E-state index in [1.165, 1.54) is 0 Å². The van der Waals surface area contributed by atoms with Crippen molar-refractivity contribution in [3.05, 3.63) is 60.7 Å². The van der Waals surface area contributed by atoms with Crippen LogP contribution in [0.1, 0.15) is 13.8 Å². The van der Waals surface area contributed by atoms with Crippen molar-refractivity contribution in [2.24, 2.45) is 0 Å². The van der Waals surface area contributed by atoms with E-state index in [4.69, 9.17) is 9.47 Å². The van der Waals surface area contributed by atoms with Gasteiger partial charge in [-0.3, -0.25) is 0 Å². The molecule has 2 aromatic rings. The van der Waals surface area contributed by atoms with Crippen molar-refractivity contribution in [3.8, 4) is 0 Å². The second-order valence-corrected chi connectivity index (χ2v) is 9.17. The van der Waals surface area contributed by atoms with Gasteiger partial charge in [0, 0.05) is 0 Å². The van der Waals surface area contributed by atoms with Crippen LogP contribution in [0, 0.1) is 0 Å². The lowest BCUT2D eigenvalue weighted by atomic mass is 10.4. The molecule has 0 fully saturated rings. The van der Waals surface area contributed by atoms with E-state index in [0.29, 0.717) is 13.2 Å². The molecule has 0 N–H and O–H groups in total. The van der Waals surface area contributed by atoms with Gasteiger partial charge in [0.25, 0.3) is 0 Å². The normalized spacial score (nSPS) is 11.0. The highest BCUT2D eigenvalue weighted by molar-refractivity contribution is 7.90. The SMILES string of the molecule is CCOC(=O)C[P+](CC(=O)OCC)(c1ccccc1)c1ccccc1. The minimum Gasteiger partial charge on any atom is -0.463 e. The Morgan fingerprint density at radius 3 is 1.40 bits per heavy atom. The number of esters is 2. The fraction of sp³-hybridized carbons (Fsp3) is 0.300. The minimum absolute atomic E-state index is 0.188. The Bertz CT molecular complexity index is 624. The standard InChI is InChI=1S/C20H24O4P/c1-3-23-19(21)15-25(16-20(22)24-4-2,17-11-7-5-8-12-17)18-13-9-6-10-14-18/h5-14H,3-4,15-16H2,1-2H3/q+1. The first-order valence-electron chi connectivity index (χ1n) is 8.42. The van der Waals surface area contributed by atoms with E-state index >= 15 is 0 Å². The third-order valence-electron chi connectivity index (χ3n) is 3.91. The quantitative estimate of drug-likeness (QED) is 0.537. The van der Waals surface area contributed by atoms with Gasteiger partial charge in [0.15, 0.2) is 12.3 Å². The van der Waals surface area contributed by atoms with E-state index in [1.807, 2.05) is 60.7 Å². The monoisotopic (exact) mass is 359 g/mol. The van der Waals surface area contributed by atoms with Crippen molar-refractivity contribution in [3.63, 3.8) is 0 Å². The van der Waals surface area contributed by atoms with E-state index < -0.39 is 7.26 Å². The summed E-state index contributed by atoms with van der Waals surface area (Å²) < 4.78 is 10.4. The fourth-order valence-corrected chi connectivity index (χ4v) is 6.54. The summed E-state index contributed by atoms with van der Waals surface area (Å²) in [5.41, 5.74) is 0. The van der Waals surface area contributed by atoms with Crippen LogP contribution in [0.25, 0.3) is 0 Å². The summed E-state index contributed by atoms with van der Waals surface area (Å²) in [6.07, 6.45) is 0.376. The van der Waals surface area contributed by atoms with Crippen LogP contribution in [0.4, 0.5) is 0 Å². The van der Waals surface area contributed by atoms with Gasteiger partial charge in [-0.05, 0) is 38.1 Å². The number of hydrogen-bond acceptors (Lipinski definition) is 4. The lowest BCUT2D eigenvalue weighted by Gasteiger charge is -2.25. The number of carbonyl (C=O) groups excluding carboxylic acids is 2. The second kappa shape index (κ2) is 9.33. The van der Waals surface area contributed by atoms with E-state index in [0.717, 1.165) is 10.6 Å². The van der Waals surface area contributed by atoms with Gasteiger partial charge in [-0.2, -0.15) is 0 Å². The first-order chi connectivity index (χ1) is 12.1. The van der Waals surface area contributed by atoms with Crippen LogP contribution >= 0.6 is 7.26 Å². The zero-order valence-corrected chi connectivity index (χ0v) is 15.6. The van der Waals surface area contributed by atoms with Gasteiger partial charge in [-0.15, -0.1) is 0 Å². The second-order valence-electron chi connectivity index (χ2n) is 5.57. The molecule has 25 heavy (non-hydrogen) atoms. The summed E-state index contributed by atoms with van der Waals surface area (Å²) >= 11 is 0. The summed E-state index contributed by atoms with van der Waals surface area (Å²) in [7, 11) is -2.32. The molecule has 0 spiro atoms. The average Bonchev–Trinajstić information content (AvgIpc) is 2.63. The molecule has 4 nitrogen and oxygen atoms in total. The molecule has 0 aliphatic heterocycles. The minimum atomic E-state index is -2.32. The van der Waals surface area contributed by atoms with Crippen molar-refractivity contribution >= 4 is 29.8 Å². The predicted octanol–water partition coefficient (Wildman–Crippen LogP) is 2.78. The fourth-order valence-electron chi connectivity index (χ4n) is 2.85. The summed E-state index contributed by atoms with van der Waals surface area (Å²) in [4.78, 5) is 24.8. The maximum absolute atomic E-state index is 12.4. The molecule has 0 aliphatic rings. The van der Waals surface area contributed by atoms with Gasteiger partial charge in [0.2, 0.25) is 0 Å². The zero-order chi connectivity index (χ0) is 18.1. The van der Waals surface area contributed by atoms with Crippen molar-refractivity contribution in [1.82, 2.24) is 0 Å². The molecule has 0 amide bonds. The molecule has 0 atom stereocenters. The molecule has 0 aromatic heterocycles. The molecule has 0 aliphatic carbocycles. The summed E-state index contributed by atoms with van der Waals surface area (Å²) in [5, 5.41) is 2.00. The molecule has 0 unspecified atom stereocenters. The molecule has 2 rings (SSSR count). The Kier molecular flexibility index (Phi) is 7.15. The van der Waals surface area contributed by atoms with Crippen molar-refractivity contribution < 1.29 is 19.1 Å². The third kappa shape index (κ3) is 4.90. The van der Waals surface area contributed by atoms with Crippen molar-refractivity contribution in [1.29, 1.82) is 0 Å². The Labute approximate surface area is 149 Å². The molecule has 2 aromatic carbocycles. The predicted molar refractivity (Wildman–Crippen MR) is 102 cm³/mol. The number of ether oxygens (including phenoxy) is 2. The first-order valence-corrected chi connectivity index (χ1v) is 10.6. The Morgan fingerprint density at radius 2 is 1.08 bits per heavy atom. The van der Waals surface area contributed by atoms with Gasteiger partial charge in [-0.25, -0.2) is 9.59 Å². The number of hydrogen-bond donors (Lipinski definition) is 0. The highest BCUT2D eigenvalue weighted by Crippen LogP contribution is 2.56. The van der Waals surface area contributed by atoms with Crippen LogP contribution in [0.15, 0.2) is 60.7 Å². The third-order valence-corrected chi connectivity index (χ3v) is 8.08. The Hall–Kier alpha value is -2.19. The Balaban J connectivity index is 2.55. The Morgan fingerprint density at radius 1 is 0.720 bits per heavy atom. The molecular formula is C20H24O4P+. The highest BCUT2D eigenvalue weighted by atomic mass is 31.2. The molecule has 0 saturated heterocycles. The zero-order valence-electron chi connectivity index (χ0n) is 14.7. The van der Waals surface area contributed by atoms with Crippen LogP contribution in [-0.4, -0.2) is 37.5 Å². The number of carbonyl (C=O) groups is 2. The molecule has 0 saturated carbocycles. The molecule has 0 radical (unpaired) electrons. The smallest absolute Gasteiger partial charge is 0.344 e. The maximum Gasteiger partial charge on any atom is 0.344 e. The summed E-state index contributed by atoms with van der Waals surface area (Å²) in [6.45, 7) is 4.21. The van der Waals surface area contributed by atoms with Gasteiger partial charge in [-0.1, -0.05) is 36.4 Å². The molecule has 0 bridgehead atoms. The van der Waals surface area contributed by atoms with Crippen molar-refractivity contribution in [2.45, 2.75) is 13.8 Å². The van der Waals surface area contributed by atoms with Gasteiger partial charge < -0.3 is 9.47 Å². The van der Waals surface area contributed by atoms with Crippen LogP contribution in [0.2, 0.25) is 0 Å². The van der Waals surface area contributed by atoms with E-state index in [9.17, 15) is 9.59 Å². The molecule has 5 heteroatoms. The van der Waals surface area contributed by atoms with E-state index in [1.54, 1.807) is 13.8 Å². The first kappa shape index (κ1) is 19.1. The van der Waals surface area contributed by atoms with Gasteiger partial charge in [0.05, 0.1) is 13.2 Å². The van der Waals surface area contributed by atoms with E-state index in [2.05, 4.69) is 0 Å². The molecule has 132 valence electrons. The summed E-state index contributed by atoms with van der Waals surface area (Å²) in [6, 6.07) is 19.5. The highest BCUT2D eigenvalue weighted by Gasteiger charge is 2.47. The van der Waals surface area contributed by atoms with Crippen LogP contribution in [-0.2, 0) is 19.1 Å². The lowest BCUT2D eigenvalue weighted by molar-refractivity contribution is -0.140. The number of benzene rings is 2. The molecular weight excluding hydrogens is 335 g/mol. The van der Waals surface area contributed by atoms with Gasteiger partial charge >= 0.3 is 11.9 Å². The van der Waals surface area contributed by atoms with Crippen LogP contribution in [0.3, 0.4) is 0 Å². The molecule has 0 heterocycles. The average molecular weight is 359 g/mol. The largest absolute Gasteiger partial charge is 0.463 e. The maximum atomic E-state index is 12.4. The van der Waals surface area contributed by atoms with Crippen molar-refractivity contribution in [2.75, 3.05) is 25.5 Å². The number of rotatable bonds is 8. The topological polar surface area (TPSA) is 52.6 Å².